The van der Waals surface area contributed by atoms with Gasteiger partial charge >= 0.3 is 0 Å². The van der Waals surface area contributed by atoms with Crippen molar-refractivity contribution in [3.05, 3.63) is 36.4 Å². The molecule has 2 fully saturated rings. The molecule has 1 spiro atoms. The Labute approximate surface area is 161 Å². The number of hydrogen-bond acceptors (Lipinski definition) is 5. The fourth-order valence-electron chi connectivity index (χ4n) is 4.63. The fourth-order valence-corrected chi connectivity index (χ4v) is 4.63. The first-order chi connectivity index (χ1) is 13.2. The van der Waals surface area contributed by atoms with Gasteiger partial charge in [-0.2, -0.15) is 0 Å². The van der Waals surface area contributed by atoms with E-state index in [0.29, 0.717) is 17.9 Å². The number of piperidine rings is 1. The summed E-state index contributed by atoms with van der Waals surface area (Å²) >= 11 is 0. The molecule has 2 aliphatic heterocycles. The zero-order chi connectivity index (χ0) is 18.5. The number of aryl methyl sites for hydroxylation is 1. The summed E-state index contributed by atoms with van der Waals surface area (Å²) < 4.78 is 5.47. The third-order valence-electron chi connectivity index (χ3n) is 6.48. The molecule has 1 aromatic heterocycles. The first kappa shape index (κ1) is 18.6. The van der Waals surface area contributed by atoms with Crippen LogP contribution in [0, 0.1) is 5.41 Å². The van der Waals surface area contributed by atoms with Gasteiger partial charge in [0, 0.05) is 51.0 Å². The molecule has 0 bridgehead atoms. The summed E-state index contributed by atoms with van der Waals surface area (Å²) in [6.07, 6.45) is 16.0. The number of carbonyl (C=O) groups excluding carboxylic acids is 1. The first-order valence-corrected chi connectivity index (χ1v) is 10.3. The minimum atomic E-state index is 0.264. The summed E-state index contributed by atoms with van der Waals surface area (Å²) in [6.45, 7) is 5.60. The minimum Gasteiger partial charge on any atom is -0.379 e. The number of hydrogen-bond donors (Lipinski definition) is 0. The summed E-state index contributed by atoms with van der Waals surface area (Å²) in [5, 5.41) is 0. The van der Waals surface area contributed by atoms with Crippen molar-refractivity contribution in [3.8, 4) is 0 Å². The van der Waals surface area contributed by atoms with Crippen molar-refractivity contribution in [2.45, 2.75) is 44.6 Å². The van der Waals surface area contributed by atoms with Crippen LogP contribution in [0.25, 0.3) is 0 Å². The third kappa shape index (κ3) is 4.55. The molecule has 4 rings (SSSR count). The van der Waals surface area contributed by atoms with Crippen molar-refractivity contribution in [2.24, 2.45) is 5.41 Å². The van der Waals surface area contributed by atoms with Crippen LogP contribution in [0.3, 0.4) is 0 Å². The van der Waals surface area contributed by atoms with Crippen LogP contribution in [0.5, 0.6) is 0 Å². The van der Waals surface area contributed by atoms with Gasteiger partial charge in [-0.05, 0) is 43.1 Å². The quantitative estimate of drug-likeness (QED) is 0.760. The number of ether oxygens (including phenoxy) is 1. The van der Waals surface area contributed by atoms with Gasteiger partial charge in [-0.3, -0.25) is 9.69 Å². The molecule has 1 aromatic rings. The van der Waals surface area contributed by atoms with Gasteiger partial charge in [0.15, 0.2) is 0 Å². The van der Waals surface area contributed by atoms with Crippen LogP contribution in [-0.2, 0) is 16.0 Å². The Bertz CT molecular complexity index is 649. The number of nitrogens with zero attached hydrogens (tertiary/aromatic N) is 4. The Morgan fingerprint density at radius 1 is 1.11 bits per heavy atom. The SMILES string of the molecule is O=C(CCc1cncnc1)N1CCC2(C=CC(N3CCOCC3)CC2)CC1. The Kier molecular flexibility index (Phi) is 5.83. The first-order valence-electron chi connectivity index (χ1n) is 10.3. The number of likely N-dealkylation sites (tertiary alicyclic amines) is 1. The monoisotopic (exact) mass is 370 g/mol. The molecule has 1 amide bonds. The van der Waals surface area contributed by atoms with E-state index in [2.05, 4.69) is 31.9 Å². The molecule has 0 aromatic carbocycles. The number of amides is 1. The van der Waals surface area contributed by atoms with Gasteiger partial charge in [-0.25, -0.2) is 9.97 Å². The van der Waals surface area contributed by atoms with Crippen LogP contribution >= 0.6 is 0 Å². The lowest BCUT2D eigenvalue weighted by molar-refractivity contribution is -0.133. The molecule has 0 N–H and O–H groups in total. The molecule has 3 heterocycles. The van der Waals surface area contributed by atoms with Gasteiger partial charge < -0.3 is 9.64 Å². The second-order valence-corrected chi connectivity index (χ2v) is 8.10. The number of morpholine rings is 1. The largest absolute Gasteiger partial charge is 0.379 e. The van der Waals surface area contributed by atoms with Crippen LogP contribution in [-0.4, -0.2) is 71.1 Å². The van der Waals surface area contributed by atoms with E-state index in [1.54, 1.807) is 12.4 Å². The van der Waals surface area contributed by atoms with Gasteiger partial charge in [0.25, 0.3) is 0 Å². The van der Waals surface area contributed by atoms with E-state index >= 15 is 0 Å². The topological polar surface area (TPSA) is 58.6 Å². The molecule has 0 radical (unpaired) electrons. The lowest BCUT2D eigenvalue weighted by atomic mass is 9.71. The van der Waals surface area contributed by atoms with Gasteiger partial charge in [-0.1, -0.05) is 12.2 Å². The Morgan fingerprint density at radius 3 is 2.52 bits per heavy atom. The molecule has 3 aliphatic rings. The average Bonchev–Trinajstić information content (AvgIpc) is 2.74. The molecular formula is C21H30N4O2. The van der Waals surface area contributed by atoms with E-state index in [-0.39, 0.29) is 5.91 Å². The van der Waals surface area contributed by atoms with E-state index in [9.17, 15) is 4.79 Å². The van der Waals surface area contributed by atoms with Crippen LogP contribution in [0.15, 0.2) is 30.9 Å². The molecular weight excluding hydrogens is 340 g/mol. The Morgan fingerprint density at radius 2 is 1.85 bits per heavy atom. The Balaban J connectivity index is 1.25. The predicted molar refractivity (Wildman–Crippen MR) is 103 cm³/mol. The predicted octanol–water partition coefficient (Wildman–Crippen LogP) is 2.07. The van der Waals surface area contributed by atoms with Crippen molar-refractivity contribution in [2.75, 3.05) is 39.4 Å². The number of carbonyl (C=O) groups is 1. The highest BCUT2D eigenvalue weighted by Crippen LogP contribution is 2.41. The van der Waals surface area contributed by atoms with Crippen molar-refractivity contribution in [1.29, 1.82) is 0 Å². The van der Waals surface area contributed by atoms with Gasteiger partial charge in [0.05, 0.1) is 13.2 Å². The van der Waals surface area contributed by atoms with E-state index in [1.165, 1.54) is 19.2 Å². The van der Waals surface area contributed by atoms with Crippen LogP contribution in [0.1, 0.15) is 37.7 Å². The average molecular weight is 370 g/mol. The molecule has 27 heavy (non-hydrogen) atoms. The second-order valence-electron chi connectivity index (χ2n) is 8.10. The van der Waals surface area contributed by atoms with Gasteiger partial charge in [-0.15, -0.1) is 0 Å². The molecule has 1 atom stereocenters. The molecule has 0 saturated carbocycles. The van der Waals surface area contributed by atoms with Crippen LogP contribution in [0.2, 0.25) is 0 Å². The minimum absolute atomic E-state index is 0.264. The van der Waals surface area contributed by atoms with E-state index in [4.69, 9.17) is 4.74 Å². The highest BCUT2D eigenvalue weighted by atomic mass is 16.5. The van der Waals surface area contributed by atoms with Crippen molar-refractivity contribution in [3.63, 3.8) is 0 Å². The smallest absolute Gasteiger partial charge is 0.222 e. The van der Waals surface area contributed by atoms with Crippen LogP contribution in [0.4, 0.5) is 0 Å². The van der Waals surface area contributed by atoms with E-state index in [1.807, 2.05) is 0 Å². The van der Waals surface area contributed by atoms with Crippen molar-refractivity contribution in [1.82, 2.24) is 19.8 Å². The van der Waals surface area contributed by atoms with Gasteiger partial charge in [0.2, 0.25) is 5.91 Å². The summed E-state index contributed by atoms with van der Waals surface area (Å²) in [6, 6.07) is 0.576. The summed E-state index contributed by atoms with van der Waals surface area (Å²) in [7, 11) is 0. The molecule has 1 aliphatic carbocycles. The second kappa shape index (κ2) is 8.48. The van der Waals surface area contributed by atoms with Crippen molar-refractivity contribution >= 4 is 5.91 Å². The lowest BCUT2D eigenvalue weighted by Crippen LogP contribution is -2.47. The van der Waals surface area contributed by atoms with Crippen molar-refractivity contribution < 1.29 is 9.53 Å². The maximum Gasteiger partial charge on any atom is 0.222 e. The third-order valence-corrected chi connectivity index (χ3v) is 6.48. The van der Waals surface area contributed by atoms with Crippen LogP contribution < -0.4 is 0 Å². The highest BCUT2D eigenvalue weighted by molar-refractivity contribution is 5.76. The molecule has 6 nitrogen and oxygen atoms in total. The number of allylic oxidation sites excluding steroid dienone is 1. The standard InChI is InChI=1S/C21H30N4O2/c26-20(2-1-18-15-22-17-23-16-18)25-9-7-21(8-10-25)5-3-19(4-6-21)24-11-13-27-14-12-24/h3,5,15-17,19H,1-2,4,6-14H2. The lowest BCUT2D eigenvalue weighted by Gasteiger charge is -2.44. The van der Waals surface area contributed by atoms with E-state index in [0.717, 1.165) is 64.2 Å². The maximum absolute atomic E-state index is 12.5. The zero-order valence-electron chi connectivity index (χ0n) is 16.1. The van der Waals surface area contributed by atoms with E-state index < -0.39 is 0 Å². The summed E-state index contributed by atoms with van der Waals surface area (Å²) in [5.74, 6) is 0.264. The normalized spacial score (nSPS) is 25.6. The number of aromatic nitrogens is 2. The molecule has 2 saturated heterocycles. The molecule has 6 heteroatoms. The van der Waals surface area contributed by atoms with Gasteiger partial charge in [0.1, 0.15) is 6.33 Å². The maximum atomic E-state index is 12.5. The summed E-state index contributed by atoms with van der Waals surface area (Å²) in [4.78, 5) is 25.2. The Hall–Kier alpha value is -1.79. The fraction of sp³-hybridized carbons (Fsp3) is 0.667. The highest BCUT2D eigenvalue weighted by Gasteiger charge is 2.37. The summed E-state index contributed by atoms with van der Waals surface area (Å²) in [5.41, 5.74) is 1.34. The molecule has 146 valence electrons. The number of rotatable bonds is 4. The molecule has 1 unspecified atom stereocenters. The zero-order valence-corrected chi connectivity index (χ0v) is 16.1.